The lowest BCUT2D eigenvalue weighted by Crippen LogP contribution is -2.56. The highest BCUT2D eigenvalue weighted by Crippen LogP contribution is 2.65. The molecule has 0 N–H and O–H groups in total. The summed E-state index contributed by atoms with van der Waals surface area (Å²) < 4.78 is 0. The van der Waals surface area contributed by atoms with Crippen LogP contribution in [-0.2, 0) is 10.8 Å². The summed E-state index contributed by atoms with van der Waals surface area (Å²) in [6.07, 6.45) is 6.78. The molecule has 8 aromatic rings. The summed E-state index contributed by atoms with van der Waals surface area (Å²) in [7, 11) is 0. The van der Waals surface area contributed by atoms with Crippen molar-refractivity contribution >= 4 is 34.1 Å². The maximum absolute atomic E-state index is 2.51. The van der Waals surface area contributed by atoms with Crippen molar-refractivity contribution in [1.82, 2.24) is 0 Å². The number of rotatable bonds is 9. The molecule has 0 unspecified atom stereocenters. The van der Waals surface area contributed by atoms with Gasteiger partial charge in [-0.15, -0.1) is 0 Å². The van der Waals surface area contributed by atoms with Gasteiger partial charge in [-0.25, -0.2) is 0 Å². The SMILES string of the molecule is CC1(C)c2ccccc2-c2ccc(N(c3ccccc3)c3ccc(C4(c5ccc(N(c6ccccc6)c6ccc(-c7ccccc7)cc6)cc5)C5CC6CC(C5)CC4C6)cc3)cc21. The number of para-hydroxylation sites is 2. The molecule has 4 saturated carbocycles. The van der Waals surface area contributed by atoms with Crippen LogP contribution in [0.1, 0.15) is 68.2 Å². The highest BCUT2D eigenvalue weighted by atomic mass is 15.1. The first-order chi connectivity index (χ1) is 30.9. The molecule has 0 aromatic heterocycles. The van der Waals surface area contributed by atoms with Crippen LogP contribution in [0.2, 0.25) is 0 Å². The average Bonchev–Trinajstić information content (AvgIpc) is 3.56. The van der Waals surface area contributed by atoms with E-state index < -0.39 is 0 Å². The molecule has 63 heavy (non-hydrogen) atoms. The molecule has 0 atom stereocenters. The number of benzene rings is 8. The average molecular weight is 815 g/mol. The third-order valence-corrected chi connectivity index (χ3v) is 15.7. The molecule has 2 heteroatoms. The van der Waals surface area contributed by atoms with Crippen molar-refractivity contribution in [2.24, 2.45) is 23.7 Å². The third-order valence-electron chi connectivity index (χ3n) is 15.7. The van der Waals surface area contributed by atoms with Gasteiger partial charge in [-0.2, -0.15) is 0 Å². The van der Waals surface area contributed by atoms with E-state index in [1.807, 2.05) is 0 Å². The Balaban J connectivity index is 0.934. The van der Waals surface area contributed by atoms with Gasteiger partial charge in [-0.1, -0.05) is 147 Å². The second-order valence-electron chi connectivity index (χ2n) is 19.4. The molecular formula is C61H54N2. The zero-order chi connectivity index (χ0) is 42.1. The van der Waals surface area contributed by atoms with Gasteiger partial charge in [0.05, 0.1) is 0 Å². The maximum atomic E-state index is 2.51. The molecule has 0 saturated heterocycles. The molecule has 0 amide bonds. The van der Waals surface area contributed by atoms with Crippen molar-refractivity contribution in [3.8, 4) is 22.3 Å². The monoisotopic (exact) mass is 814 g/mol. The second kappa shape index (κ2) is 15.0. The third kappa shape index (κ3) is 6.21. The second-order valence-corrected chi connectivity index (χ2v) is 19.4. The Labute approximate surface area is 373 Å². The van der Waals surface area contributed by atoms with Crippen LogP contribution < -0.4 is 9.80 Å². The lowest BCUT2D eigenvalue weighted by Gasteiger charge is -2.62. The van der Waals surface area contributed by atoms with Crippen LogP contribution in [0.4, 0.5) is 34.1 Å². The Morgan fingerprint density at radius 2 is 0.746 bits per heavy atom. The van der Waals surface area contributed by atoms with Crippen molar-refractivity contribution in [2.75, 3.05) is 9.80 Å². The molecule has 4 fully saturated rings. The molecule has 2 nitrogen and oxygen atoms in total. The first-order valence-corrected chi connectivity index (χ1v) is 23.3. The summed E-state index contributed by atoms with van der Waals surface area (Å²) in [6, 6.07) is 77.3. The van der Waals surface area contributed by atoms with E-state index in [2.05, 4.69) is 230 Å². The van der Waals surface area contributed by atoms with Crippen LogP contribution in [0, 0.1) is 23.7 Å². The van der Waals surface area contributed by atoms with Crippen molar-refractivity contribution in [1.29, 1.82) is 0 Å². The largest absolute Gasteiger partial charge is 0.311 e. The minimum atomic E-state index is -0.0688. The van der Waals surface area contributed by atoms with Crippen LogP contribution >= 0.6 is 0 Å². The molecule has 308 valence electrons. The Hall–Kier alpha value is -6.64. The first-order valence-electron chi connectivity index (χ1n) is 23.3. The van der Waals surface area contributed by atoms with Gasteiger partial charge in [0.15, 0.2) is 0 Å². The van der Waals surface area contributed by atoms with Crippen molar-refractivity contribution in [3.05, 3.63) is 229 Å². The van der Waals surface area contributed by atoms with Gasteiger partial charge in [0.25, 0.3) is 0 Å². The van der Waals surface area contributed by atoms with Crippen LogP contribution in [0.3, 0.4) is 0 Å². The van der Waals surface area contributed by atoms with Gasteiger partial charge >= 0.3 is 0 Å². The fourth-order valence-corrected chi connectivity index (χ4v) is 13.1. The van der Waals surface area contributed by atoms with Crippen LogP contribution in [0.15, 0.2) is 206 Å². The predicted octanol–water partition coefficient (Wildman–Crippen LogP) is 16.3. The molecule has 8 aromatic carbocycles. The summed E-state index contributed by atoms with van der Waals surface area (Å²) in [5, 5.41) is 0. The first kappa shape index (κ1) is 38.1. The maximum Gasteiger partial charge on any atom is 0.0465 e. The van der Waals surface area contributed by atoms with Crippen LogP contribution in [0.5, 0.6) is 0 Å². The quantitative estimate of drug-likeness (QED) is 0.143. The fraction of sp³-hybridized carbons (Fsp3) is 0.213. The molecule has 13 rings (SSSR count). The van der Waals surface area contributed by atoms with Gasteiger partial charge in [0.2, 0.25) is 0 Å². The summed E-state index contributed by atoms with van der Waals surface area (Å²) in [5.41, 5.74) is 18.0. The zero-order valence-corrected chi connectivity index (χ0v) is 36.4. The van der Waals surface area contributed by atoms with E-state index in [9.17, 15) is 0 Å². The number of fused-ring (bicyclic) bond motifs is 3. The van der Waals surface area contributed by atoms with Gasteiger partial charge < -0.3 is 9.80 Å². The van der Waals surface area contributed by atoms with E-state index in [-0.39, 0.29) is 10.8 Å². The number of anilines is 6. The molecule has 5 aliphatic carbocycles. The van der Waals surface area contributed by atoms with Crippen molar-refractivity contribution in [3.63, 3.8) is 0 Å². The smallest absolute Gasteiger partial charge is 0.0465 e. The summed E-state index contributed by atoms with van der Waals surface area (Å²) in [6.45, 7) is 4.76. The van der Waals surface area contributed by atoms with E-state index in [4.69, 9.17) is 0 Å². The Morgan fingerprint density at radius 1 is 0.349 bits per heavy atom. The molecule has 0 heterocycles. The molecule has 0 aliphatic heterocycles. The minimum absolute atomic E-state index is 0.0136. The topological polar surface area (TPSA) is 6.48 Å². The van der Waals surface area contributed by atoms with Crippen LogP contribution in [-0.4, -0.2) is 0 Å². The van der Waals surface area contributed by atoms with E-state index in [0.717, 1.165) is 23.2 Å². The van der Waals surface area contributed by atoms with Crippen LogP contribution in [0.25, 0.3) is 22.3 Å². The van der Waals surface area contributed by atoms with Gasteiger partial charge in [0.1, 0.15) is 0 Å². The standard InChI is InChI=1S/C61H54N2/c1-60(2)58-21-13-12-20-56(58)57-35-34-55(41-59(57)60)63(51-18-10-5-11-19-51)54-32-26-47(27-33-54)61(48-37-42-36-43(39-48)40-49(61)38-42)46-24-30-53(31-25-46)62(50-16-8-4-9-17-50)52-28-22-45(23-29-52)44-14-6-3-7-15-44/h3-35,41-43,48-49H,36-40H2,1-2H3. The predicted molar refractivity (Wildman–Crippen MR) is 263 cm³/mol. The normalized spacial score (nSPS) is 22.3. The van der Waals surface area contributed by atoms with E-state index in [0.29, 0.717) is 11.8 Å². The van der Waals surface area contributed by atoms with E-state index >= 15 is 0 Å². The Morgan fingerprint density at radius 3 is 1.29 bits per heavy atom. The fourth-order valence-electron chi connectivity index (χ4n) is 13.1. The summed E-state index contributed by atoms with van der Waals surface area (Å²) in [4.78, 5) is 4.87. The number of hydrogen-bond donors (Lipinski definition) is 0. The Bertz CT molecular complexity index is 2870. The molecule has 4 bridgehead atoms. The van der Waals surface area contributed by atoms with Gasteiger partial charge in [-0.05, 0) is 173 Å². The molecule has 5 aliphatic rings. The van der Waals surface area contributed by atoms with E-state index in [1.165, 1.54) is 99.4 Å². The number of hydrogen-bond acceptors (Lipinski definition) is 2. The molecule has 0 spiro atoms. The summed E-state index contributed by atoms with van der Waals surface area (Å²) in [5.74, 6) is 3.03. The highest BCUT2D eigenvalue weighted by molar-refractivity contribution is 5.86. The molecule has 0 radical (unpaired) electrons. The molecular weight excluding hydrogens is 761 g/mol. The zero-order valence-electron chi connectivity index (χ0n) is 36.4. The lowest BCUT2D eigenvalue weighted by molar-refractivity contribution is -0.0418. The summed E-state index contributed by atoms with van der Waals surface area (Å²) >= 11 is 0. The lowest BCUT2D eigenvalue weighted by atomic mass is 9.42. The number of nitrogens with zero attached hydrogens (tertiary/aromatic N) is 2. The van der Waals surface area contributed by atoms with Crippen molar-refractivity contribution < 1.29 is 0 Å². The highest BCUT2D eigenvalue weighted by Gasteiger charge is 2.58. The van der Waals surface area contributed by atoms with Crippen molar-refractivity contribution in [2.45, 2.75) is 56.8 Å². The van der Waals surface area contributed by atoms with Gasteiger partial charge in [-0.3, -0.25) is 0 Å². The Kier molecular flexibility index (Phi) is 9.08. The van der Waals surface area contributed by atoms with E-state index in [1.54, 1.807) is 0 Å². The van der Waals surface area contributed by atoms with Gasteiger partial charge in [0, 0.05) is 45.0 Å². The minimum Gasteiger partial charge on any atom is -0.311 e.